The Balaban J connectivity index is 0.000000110. The van der Waals surface area contributed by atoms with Gasteiger partial charge in [0.25, 0.3) is 0 Å². The quantitative estimate of drug-likeness (QED) is 0.313. The standard InChI is InChI=1S/C11H16.C10H16.C6H10.C5H10.C2H4/c1-9-3-6-10-4-2-5-11(10,7-9)8-10;1-8-5-9-3-2-4-10(9,6-8)7-9;1-6-4-2-3-5-6;1-5-3-2-4-5;1-2/h3H,2,4-8H2,1H3;8H,2-7H2,1H3;4H,2-3,5H2,1H3;5H,2-4H2,1H3;1-2H2. The van der Waals surface area contributed by atoms with Crippen LogP contribution >= 0.6 is 0 Å². The van der Waals surface area contributed by atoms with Crippen LogP contribution < -0.4 is 0 Å². The Kier molecular flexibility index (Phi) is 7.96. The second-order valence-corrected chi connectivity index (χ2v) is 14.1. The molecule has 0 spiro atoms. The molecule has 6 saturated carbocycles. The summed E-state index contributed by atoms with van der Waals surface area (Å²) in [5, 5.41) is 0. The van der Waals surface area contributed by atoms with Crippen molar-refractivity contribution in [2.24, 2.45) is 33.5 Å². The van der Waals surface area contributed by atoms with Gasteiger partial charge in [-0.1, -0.05) is 69.2 Å². The minimum atomic E-state index is 0.839. The Morgan fingerprint density at radius 1 is 0.676 bits per heavy atom. The molecule has 0 amide bonds. The first-order valence-electron chi connectivity index (χ1n) is 15.1. The molecule has 0 bridgehead atoms. The third kappa shape index (κ3) is 5.04. The summed E-state index contributed by atoms with van der Waals surface area (Å²) in [6, 6.07) is 0. The summed E-state index contributed by atoms with van der Waals surface area (Å²) < 4.78 is 0. The molecular weight excluding hydrogens is 408 g/mol. The maximum Gasteiger partial charge on any atom is -0.0195 e. The molecule has 8 rings (SSSR count). The minimum Gasteiger partial charge on any atom is -0.106 e. The monoisotopic (exact) mass is 464 g/mol. The fourth-order valence-electron chi connectivity index (χ4n) is 9.49. The molecular formula is C34H56. The molecule has 192 valence electrons. The van der Waals surface area contributed by atoms with E-state index in [1.807, 2.05) is 0 Å². The molecule has 0 nitrogen and oxygen atoms in total. The van der Waals surface area contributed by atoms with E-state index >= 15 is 0 Å². The molecule has 8 aliphatic carbocycles. The molecule has 0 aromatic rings. The summed E-state index contributed by atoms with van der Waals surface area (Å²) >= 11 is 0. The molecule has 4 atom stereocenters. The Morgan fingerprint density at radius 3 is 1.71 bits per heavy atom. The third-order valence-corrected chi connectivity index (χ3v) is 11.6. The average molecular weight is 465 g/mol. The van der Waals surface area contributed by atoms with Gasteiger partial charge in [0, 0.05) is 0 Å². The van der Waals surface area contributed by atoms with Gasteiger partial charge < -0.3 is 0 Å². The lowest BCUT2D eigenvalue weighted by Gasteiger charge is -2.22. The number of hydrogen-bond donors (Lipinski definition) is 0. The summed E-state index contributed by atoms with van der Waals surface area (Å²) in [6.07, 6.45) is 31.8. The first-order chi connectivity index (χ1) is 16.3. The van der Waals surface area contributed by atoms with Crippen LogP contribution in [0.3, 0.4) is 0 Å². The molecule has 0 aliphatic heterocycles. The van der Waals surface area contributed by atoms with Gasteiger partial charge in [0.05, 0.1) is 0 Å². The molecule has 0 radical (unpaired) electrons. The SMILES string of the molecule is C=C.CC1=CCC23CCCC2(C1)C3.CC1=CCCC1.CC1CC23CCCC2(C1)C3.CC1CCC1. The highest BCUT2D eigenvalue weighted by molar-refractivity contribution is 5.28. The highest BCUT2D eigenvalue weighted by Gasteiger charge is 2.72. The van der Waals surface area contributed by atoms with Gasteiger partial charge in [-0.2, -0.15) is 0 Å². The van der Waals surface area contributed by atoms with Crippen LogP contribution in [0.4, 0.5) is 0 Å². The van der Waals surface area contributed by atoms with Gasteiger partial charge in [-0.05, 0) is 131 Å². The van der Waals surface area contributed by atoms with Crippen LogP contribution in [-0.2, 0) is 0 Å². The van der Waals surface area contributed by atoms with Crippen molar-refractivity contribution >= 4 is 0 Å². The number of hydrogen-bond acceptors (Lipinski definition) is 0. The second-order valence-electron chi connectivity index (χ2n) is 14.1. The Hall–Kier alpha value is -0.780. The van der Waals surface area contributed by atoms with E-state index in [4.69, 9.17) is 0 Å². The van der Waals surface area contributed by atoms with Gasteiger partial charge in [0.15, 0.2) is 0 Å². The summed E-state index contributed by atoms with van der Waals surface area (Å²) in [4.78, 5) is 0. The predicted molar refractivity (Wildman–Crippen MR) is 150 cm³/mol. The summed E-state index contributed by atoms with van der Waals surface area (Å²) in [5.41, 5.74) is 6.77. The zero-order valence-corrected chi connectivity index (χ0v) is 23.5. The van der Waals surface area contributed by atoms with Crippen LogP contribution in [0.25, 0.3) is 0 Å². The van der Waals surface area contributed by atoms with Crippen LogP contribution in [0.15, 0.2) is 36.5 Å². The summed E-state index contributed by atoms with van der Waals surface area (Å²) in [6.45, 7) is 15.3. The van der Waals surface area contributed by atoms with Crippen molar-refractivity contribution in [3.8, 4) is 0 Å². The smallest absolute Gasteiger partial charge is 0.0195 e. The van der Waals surface area contributed by atoms with Gasteiger partial charge >= 0.3 is 0 Å². The molecule has 0 heteroatoms. The van der Waals surface area contributed by atoms with Crippen molar-refractivity contribution in [2.75, 3.05) is 0 Å². The molecule has 4 unspecified atom stereocenters. The van der Waals surface area contributed by atoms with Crippen molar-refractivity contribution in [2.45, 2.75) is 143 Å². The minimum absolute atomic E-state index is 0.839. The molecule has 8 aliphatic rings. The van der Waals surface area contributed by atoms with Crippen molar-refractivity contribution in [3.63, 3.8) is 0 Å². The molecule has 0 aromatic carbocycles. The second kappa shape index (κ2) is 10.3. The largest absolute Gasteiger partial charge is 0.106 e. The van der Waals surface area contributed by atoms with Crippen molar-refractivity contribution in [1.82, 2.24) is 0 Å². The number of allylic oxidation sites excluding steroid dienone is 4. The van der Waals surface area contributed by atoms with E-state index in [0.717, 1.165) is 33.5 Å². The van der Waals surface area contributed by atoms with Gasteiger partial charge in [-0.25, -0.2) is 0 Å². The molecule has 0 aromatic heterocycles. The highest BCUT2D eigenvalue weighted by Crippen LogP contribution is 2.82. The van der Waals surface area contributed by atoms with Crippen LogP contribution in [0, 0.1) is 33.5 Å². The molecule has 0 N–H and O–H groups in total. The summed E-state index contributed by atoms with van der Waals surface area (Å²) in [5.74, 6) is 2.13. The molecule has 0 saturated heterocycles. The first-order valence-corrected chi connectivity index (χ1v) is 15.1. The van der Waals surface area contributed by atoms with Gasteiger partial charge in [-0.15, -0.1) is 13.2 Å². The Labute approximate surface area is 213 Å². The maximum atomic E-state index is 3.00. The number of rotatable bonds is 0. The van der Waals surface area contributed by atoms with E-state index in [-0.39, 0.29) is 0 Å². The zero-order valence-electron chi connectivity index (χ0n) is 23.5. The molecule has 34 heavy (non-hydrogen) atoms. The van der Waals surface area contributed by atoms with E-state index in [2.05, 4.69) is 53.0 Å². The normalized spacial score (nSPS) is 43.6. The van der Waals surface area contributed by atoms with E-state index in [9.17, 15) is 0 Å². The lowest BCUT2D eigenvalue weighted by Crippen LogP contribution is -2.11. The first kappa shape index (κ1) is 26.3. The van der Waals surface area contributed by atoms with Gasteiger partial charge in [0.1, 0.15) is 0 Å². The van der Waals surface area contributed by atoms with E-state index in [1.165, 1.54) is 70.6 Å². The predicted octanol–water partition coefficient (Wildman–Crippen LogP) is 11.0. The lowest BCUT2D eigenvalue weighted by atomic mass is 9.83. The Bertz CT molecular complexity index is 741. The molecule has 0 heterocycles. The fourth-order valence-corrected chi connectivity index (χ4v) is 9.49. The van der Waals surface area contributed by atoms with Crippen molar-refractivity contribution in [3.05, 3.63) is 36.5 Å². The van der Waals surface area contributed by atoms with Gasteiger partial charge in [0.2, 0.25) is 0 Å². The fraction of sp³-hybridized carbons (Fsp3) is 0.824. The van der Waals surface area contributed by atoms with Gasteiger partial charge in [-0.3, -0.25) is 0 Å². The van der Waals surface area contributed by atoms with Crippen molar-refractivity contribution in [1.29, 1.82) is 0 Å². The van der Waals surface area contributed by atoms with Crippen LogP contribution in [0.1, 0.15) is 143 Å². The van der Waals surface area contributed by atoms with Crippen LogP contribution in [0.2, 0.25) is 0 Å². The van der Waals surface area contributed by atoms with Crippen molar-refractivity contribution < 1.29 is 0 Å². The topological polar surface area (TPSA) is 0 Å². The lowest BCUT2D eigenvalue weighted by molar-refractivity contribution is 0.346. The van der Waals surface area contributed by atoms with E-state index in [1.54, 1.807) is 56.1 Å². The highest BCUT2D eigenvalue weighted by atomic mass is 14.8. The van der Waals surface area contributed by atoms with E-state index in [0.29, 0.717) is 0 Å². The van der Waals surface area contributed by atoms with Crippen LogP contribution in [-0.4, -0.2) is 0 Å². The molecule has 6 fully saturated rings. The third-order valence-electron chi connectivity index (χ3n) is 11.6. The Morgan fingerprint density at radius 2 is 1.24 bits per heavy atom. The maximum absolute atomic E-state index is 3.00. The van der Waals surface area contributed by atoms with Crippen LogP contribution in [0.5, 0.6) is 0 Å². The van der Waals surface area contributed by atoms with E-state index < -0.39 is 0 Å². The summed E-state index contributed by atoms with van der Waals surface area (Å²) in [7, 11) is 0. The average Bonchev–Trinajstić information content (AvgIpc) is 3.19. The zero-order chi connectivity index (χ0) is 24.5.